The molecule has 0 aromatic heterocycles. The Morgan fingerprint density at radius 3 is 2.35 bits per heavy atom. The first-order valence-electron chi connectivity index (χ1n) is 6.74. The van der Waals surface area contributed by atoms with Crippen molar-refractivity contribution in [3.63, 3.8) is 0 Å². The first-order chi connectivity index (χ1) is 8.00. The van der Waals surface area contributed by atoms with Crippen LogP contribution in [0.2, 0.25) is 0 Å². The summed E-state index contributed by atoms with van der Waals surface area (Å²) in [4.78, 5) is 0. The quantitative estimate of drug-likeness (QED) is 0.620. The van der Waals surface area contributed by atoms with E-state index in [0.29, 0.717) is 11.8 Å². The van der Waals surface area contributed by atoms with E-state index in [1.165, 1.54) is 24.0 Å². The van der Waals surface area contributed by atoms with Crippen molar-refractivity contribution >= 4 is 0 Å². The van der Waals surface area contributed by atoms with Gasteiger partial charge in [0.1, 0.15) is 0 Å². The van der Waals surface area contributed by atoms with Crippen LogP contribution in [0, 0.1) is 17.3 Å². The molecule has 0 saturated heterocycles. The van der Waals surface area contributed by atoms with Crippen LogP contribution in [0.1, 0.15) is 40.5 Å². The minimum Gasteiger partial charge on any atom is -0.0811 e. The van der Waals surface area contributed by atoms with Crippen molar-refractivity contribution in [3.8, 4) is 0 Å². The van der Waals surface area contributed by atoms with Gasteiger partial charge in [-0.1, -0.05) is 62.8 Å². The summed E-state index contributed by atoms with van der Waals surface area (Å²) in [6.45, 7) is 9.22. The van der Waals surface area contributed by atoms with Gasteiger partial charge < -0.3 is 0 Å². The third-order valence-corrected chi connectivity index (χ3v) is 4.27. The smallest absolute Gasteiger partial charge is 0.00410 e. The highest BCUT2D eigenvalue weighted by atomic mass is 14.3. The van der Waals surface area contributed by atoms with Crippen molar-refractivity contribution in [3.05, 3.63) is 47.6 Å². The van der Waals surface area contributed by atoms with Gasteiger partial charge in [-0.25, -0.2) is 0 Å². The first-order valence-corrected chi connectivity index (χ1v) is 6.74. The van der Waals surface area contributed by atoms with E-state index in [0.717, 1.165) is 0 Å². The van der Waals surface area contributed by atoms with Gasteiger partial charge in [-0.15, -0.1) is 0 Å². The zero-order chi connectivity index (χ0) is 12.5. The van der Waals surface area contributed by atoms with Crippen molar-refractivity contribution in [2.75, 3.05) is 0 Å². The summed E-state index contributed by atoms with van der Waals surface area (Å²) >= 11 is 0. The maximum Gasteiger partial charge on any atom is -0.00410 e. The van der Waals surface area contributed by atoms with Crippen LogP contribution in [0.25, 0.3) is 0 Å². The molecule has 0 heterocycles. The van der Waals surface area contributed by atoms with E-state index in [1.54, 1.807) is 0 Å². The lowest BCUT2D eigenvalue weighted by atomic mass is 9.68. The Morgan fingerprint density at radius 1 is 1.06 bits per heavy atom. The summed E-state index contributed by atoms with van der Waals surface area (Å²) in [5, 5.41) is 0. The molecule has 17 heavy (non-hydrogen) atoms. The number of hydrogen-bond acceptors (Lipinski definition) is 0. The van der Waals surface area contributed by atoms with Gasteiger partial charge in [0.25, 0.3) is 0 Å². The van der Waals surface area contributed by atoms with Crippen LogP contribution in [0.3, 0.4) is 0 Å². The maximum atomic E-state index is 2.43. The van der Waals surface area contributed by atoms with Crippen molar-refractivity contribution in [1.29, 1.82) is 0 Å². The fourth-order valence-electron chi connectivity index (χ4n) is 2.68. The normalized spacial score (nSPS) is 28.9. The maximum absolute atomic E-state index is 2.43. The highest BCUT2D eigenvalue weighted by Gasteiger charge is 2.31. The van der Waals surface area contributed by atoms with E-state index in [1.807, 2.05) is 0 Å². The van der Waals surface area contributed by atoms with Gasteiger partial charge in [0, 0.05) is 0 Å². The predicted octanol–water partition coefficient (Wildman–Crippen LogP) is 5.06. The SMILES string of the molecule is CC1=CCC(C(C)(C)C2=CCC(C)C=C2)C=C1. The molecule has 0 aromatic rings. The van der Waals surface area contributed by atoms with E-state index >= 15 is 0 Å². The molecule has 2 atom stereocenters. The molecule has 0 nitrogen and oxygen atoms in total. The average Bonchev–Trinajstić information content (AvgIpc) is 2.30. The van der Waals surface area contributed by atoms with Crippen LogP contribution in [-0.4, -0.2) is 0 Å². The van der Waals surface area contributed by atoms with E-state index in [9.17, 15) is 0 Å². The van der Waals surface area contributed by atoms with Crippen LogP contribution in [0.4, 0.5) is 0 Å². The van der Waals surface area contributed by atoms with Gasteiger partial charge in [-0.3, -0.25) is 0 Å². The molecule has 0 radical (unpaired) electrons. The summed E-state index contributed by atoms with van der Waals surface area (Å²) in [5.41, 5.74) is 3.17. The zero-order valence-corrected chi connectivity index (χ0v) is 11.5. The van der Waals surface area contributed by atoms with Crippen LogP contribution < -0.4 is 0 Å². The number of allylic oxidation sites excluding steroid dienone is 8. The van der Waals surface area contributed by atoms with E-state index in [2.05, 4.69) is 64.2 Å². The fraction of sp³-hybridized carbons (Fsp3) is 0.529. The Bertz CT molecular complexity index is 402. The van der Waals surface area contributed by atoms with Crippen molar-refractivity contribution < 1.29 is 0 Å². The molecule has 92 valence electrons. The Balaban J connectivity index is 2.15. The largest absolute Gasteiger partial charge is 0.0811 e. The lowest BCUT2D eigenvalue weighted by Gasteiger charge is -2.36. The van der Waals surface area contributed by atoms with Crippen molar-refractivity contribution in [2.24, 2.45) is 17.3 Å². The molecule has 0 amide bonds. The molecule has 0 bridgehead atoms. The summed E-state index contributed by atoms with van der Waals surface area (Å²) in [6.07, 6.45) is 16.5. The van der Waals surface area contributed by atoms with Crippen LogP contribution in [-0.2, 0) is 0 Å². The minimum absolute atomic E-state index is 0.254. The second-order valence-electron chi connectivity index (χ2n) is 6.10. The summed E-state index contributed by atoms with van der Waals surface area (Å²) in [5.74, 6) is 1.34. The number of rotatable bonds is 2. The lowest BCUT2D eigenvalue weighted by Crippen LogP contribution is -2.26. The molecular formula is C17H24. The van der Waals surface area contributed by atoms with Gasteiger partial charge in [0.15, 0.2) is 0 Å². The summed E-state index contributed by atoms with van der Waals surface area (Å²) < 4.78 is 0. The topological polar surface area (TPSA) is 0 Å². The molecule has 2 rings (SSSR count). The molecule has 0 saturated carbocycles. The molecule has 0 aliphatic heterocycles. The zero-order valence-electron chi connectivity index (χ0n) is 11.5. The molecule has 2 unspecified atom stereocenters. The highest BCUT2D eigenvalue weighted by Crippen LogP contribution is 2.42. The average molecular weight is 228 g/mol. The fourth-order valence-corrected chi connectivity index (χ4v) is 2.68. The second kappa shape index (κ2) is 4.68. The Morgan fingerprint density at radius 2 is 1.82 bits per heavy atom. The third-order valence-electron chi connectivity index (χ3n) is 4.27. The van der Waals surface area contributed by atoms with Gasteiger partial charge >= 0.3 is 0 Å². The first kappa shape index (κ1) is 12.4. The molecule has 0 fully saturated rings. The molecule has 0 spiro atoms. The van der Waals surface area contributed by atoms with E-state index < -0.39 is 0 Å². The number of hydrogen-bond donors (Lipinski definition) is 0. The molecule has 2 aliphatic carbocycles. The van der Waals surface area contributed by atoms with Crippen LogP contribution >= 0.6 is 0 Å². The van der Waals surface area contributed by atoms with Crippen molar-refractivity contribution in [2.45, 2.75) is 40.5 Å². The summed E-state index contributed by atoms with van der Waals surface area (Å²) in [6, 6.07) is 0. The third kappa shape index (κ3) is 2.62. The van der Waals surface area contributed by atoms with E-state index in [-0.39, 0.29) is 5.41 Å². The van der Waals surface area contributed by atoms with Gasteiger partial charge in [-0.05, 0) is 42.6 Å². The van der Waals surface area contributed by atoms with Gasteiger partial charge in [0.2, 0.25) is 0 Å². The molecule has 0 heteroatoms. The highest BCUT2D eigenvalue weighted by molar-refractivity contribution is 5.33. The van der Waals surface area contributed by atoms with E-state index in [4.69, 9.17) is 0 Å². The molecular weight excluding hydrogens is 204 g/mol. The second-order valence-corrected chi connectivity index (χ2v) is 6.10. The lowest BCUT2D eigenvalue weighted by molar-refractivity contribution is 0.324. The molecule has 0 N–H and O–H groups in total. The van der Waals surface area contributed by atoms with Crippen LogP contribution in [0.15, 0.2) is 47.6 Å². The minimum atomic E-state index is 0.254. The van der Waals surface area contributed by atoms with Crippen molar-refractivity contribution in [1.82, 2.24) is 0 Å². The predicted molar refractivity (Wildman–Crippen MR) is 75.8 cm³/mol. The monoisotopic (exact) mass is 228 g/mol. The van der Waals surface area contributed by atoms with Crippen LogP contribution in [0.5, 0.6) is 0 Å². The Hall–Kier alpha value is -1.04. The molecule has 0 aromatic carbocycles. The Kier molecular flexibility index (Phi) is 3.42. The Labute approximate surface area is 106 Å². The van der Waals surface area contributed by atoms with Gasteiger partial charge in [-0.2, -0.15) is 0 Å². The summed E-state index contributed by atoms with van der Waals surface area (Å²) in [7, 11) is 0. The standard InChI is InChI=1S/C17H24/c1-13-5-9-15(10-6-13)17(3,4)16-11-7-14(2)8-12-16/h5-7,9,11-12,14-15H,8,10H2,1-4H3. The van der Waals surface area contributed by atoms with Gasteiger partial charge in [0.05, 0.1) is 0 Å². The molecule has 2 aliphatic rings.